The van der Waals surface area contributed by atoms with Crippen molar-refractivity contribution in [3.05, 3.63) is 150 Å². The van der Waals surface area contributed by atoms with Gasteiger partial charge in [0, 0.05) is 27.6 Å². The molecule has 6 aromatic carbocycles. The molecule has 0 fully saturated rings. The van der Waals surface area contributed by atoms with Crippen molar-refractivity contribution in [1.82, 2.24) is 0 Å². The lowest BCUT2D eigenvalue weighted by Crippen LogP contribution is -2.16. The van der Waals surface area contributed by atoms with Gasteiger partial charge in [-0.2, -0.15) is 0 Å². The Balaban J connectivity index is 1.47. The zero-order chi connectivity index (χ0) is 34.3. The second-order valence-corrected chi connectivity index (χ2v) is 16.3. The van der Waals surface area contributed by atoms with Gasteiger partial charge >= 0.3 is 0 Å². The topological polar surface area (TPSA) is 16.4 Å². The number of furan rings is 1. The Bertz CT molecular complexity index is 2380. The van der Waals surface area contributed by atoms with Gasteiger partial charge in [0.05, 0.1) is 16.8 Å². The molecule has 0 aliphatic heterocycles. The maximum Gasteiger partial charge on any atom is 0.139 e. The Kier molecular flexibility index (Phi) is 6.99. The van der Waals surface area contributed by atoms with Crippen LogP contribution >= 0.6 is 0 Å². The van der Waals surface area contributed by atoms with Crippen LogP contribution < -0.4 is 4.90 Å². The molecule has 7 aromatic rings. The van der Waals surface area contributed by atoms with Gasteiger partial charge < -0.3 is 9.32 Å². The number of hydrogen-bond acceptors (Lipinski definition) is 2. The van der Waals surface area contributed by atoms with Crippen molar-refractivity contribution in [1.29, 1.82) is 0 Å². The molecule has 49 heavy (non-hydrogen) atoms. The highest BCUT2D eigenvalue weighted by Gasteiger charge is 2.36. The molecule has 244 valence electrons. The molecule has 0 saturated heterocycles. The van der Waals surface area contributed by atoms with Crippen LogP contribution in [0.25, 0.3) is 44.2 Å². The van der Waals surface area contributed by atoms with Gasteiger partial charge in [-0.3, -0.25) is 0 Å². The van der Waals surface area contributed by atoms with Crippen LogP contribution in [0.1, 0.15) is 77.6 Å². The van der Waals surface area contributed by atoms with E-state index in [0.717, 1.165) is 39.0 Å². The molecule has 8 rings (SSSR count). The minimum atomic E-state index is -0.0900. The number of hydrogen-bond donors (Lipinski definition) is 0. The van der Waals surface area contributed by atoms with E-state index in [1.165, 1.54) is 44.5 Å². The van der Waals surface area contributed by atoms with E-state index in [4.69, 9.17) is 4.42 Å². The molecule has 0 unspecified atom stereocenters. The van der Waals surface area contributed by atoms with Crippen molar-refractivity contribution in [2.45, 2.75) is 71.6 Å². The predicted octanol–water partition coefficient (Wildman–Crippen LogP) is 13.6. The van der Waals surface area contributed by atoms with E-state index < -0.39 is 0 Å². The Labute approximate surface area is 291 Å². The molecule has 1 aliphatic carbocycles. The number of nitrogens with zero attached hydrogens (tertiary/aromatic N) is 1. The molecule has 0 saturated carbocycles. The number of rotatable bonds is 4. The van der Waals surface area contributed by atoms with Crippen molar-refractivity contribution in [2.75, 3.05) is 4.90 Å². The number of fused-ring (bicyclic) bond motifs is 6. The molecule has 0 N–H and O–H groups in total. The van der Waals surface area contributed by atoms with Crippen LogP contribution in [0, 0.1) is 0 Å². The highest BCUT2D eigenvalue weighted by molar-refractivity contribution is 6.15. The average Bonchev–Trinajstić information content (AvgIpc) is 3.57. The zero-order valence-corrected chi connectivity index (χ0v) is 30.0. The Morgan fingerprint density at radius 2 is 1.20 bits per heavy atom. The van der Waals surface area contributed by atoms with Gasteiger partial charge in [-0.15, -0.1) is 0 Å². The lowest BCUT2D eigenvalue weighted by atomic mass is 9.79. The lowest BCUT2D eigenvalue weighted by Gasteiger charge is -2.30. The normalized spacial score (nSPS) is 13.9. The summed E-state index contributed by atoms with van der Waals surface area (Å²) < 4.78 is 6.88. The molecule has 1 aliphatic rings. The number of benzene rings is 6. The van der Waals surface area contributed by atoms with Gasteiger partial charge in [0.1, 0.15) is 11.2 Å². The summed E-state index contributed by atoms with van der Waals surface area (Å²) >= 11 is 0. The van der Waals surface area contributed by atoms with E-state index in [9.17, 15) is 0 Å². The Morgan fingerprint density at radius 3 is 1.94 bits per heavy atom. The molecule has 0 amide bonds. The first kappa shape index (κ1) is 31.2. The molecule has 1 aromatic heterocycles. The fourth-order valence-corrected chi connectivity index (χ4v) is 7.87. The molecule has 2 heteroatoms. The summed E-state index contributed by atoms with van der Waals surface area (Å²) in [6.07, 6.45) is 0. The summed E-state index contributed by atoms with van der Waals surface area (Å²) in [6, 6.07) is 46.8. The summed E-state index contributed by atoms with van der Waals surface area (Å²) in [5.74, 6) is 0. The van der Waals surface area contributed by atoms with Gasteiger partial charge in [0.15, 0.2) is 0 Å². The maximum atomic E-state index is 6.88. The highest BCUT2D eigenvalue weighted by Crippen LogP contribution is 2.52. The SMILES string of the molecule is CC(C)(C)c1cc(C(C)(C)C)c2oc3cccc(N(c4ccc5c(c4)-c4ccccc4C5(C)C)c4ccccc4-c4ccccc4)c3c2c1. The van der Waals surface area contributed by atoms with Gasteiger partial charge in [-0.1, -0.05) is 146 Å². The third kappa shape index (κ3) is 5.00. The lowest BCUT2D eigenvalue weighted by molar-refractivity contribution is 0.559. The second-order valence-electron chi connectivity index (χ2n) is 16.3. The first-order chi connectivity index (χ1) is 23.3. The van der Waals surface area contributed by atoms with E-state index in [1.807, 2.05) is 0 Å². The molecule has 0 bridgehead atoms. The summed E-state index contributed by atoms with van der Waals surface area (Å²) in [5.41, 5.74) is 15.3. The van der Waals surface area contributed by atoms with E-state index >= 15 is 0 Å². The minimum absolute atomic E-state index is 0.0213. The van der Waals surface area contributed by atoms with Crippen molar-refractivity contribution < 1.29 is 4.42 Å². The van der Waals surface area contributed by atoms with Gasteiger partial charge in [-0.25, -0.2) is 0 Å². The van der Waals surface area contributed by atoms with Crippen LogP contribution in [0.4, 0.5) is 17.1 Å². The number of anilines is 3. The fraction of sp³-hybridized carbons (Fsp3) is 0.234. The standard InChI is InChI=1S/C47H45NO/c1-45(2,3)31-27-36-43-41(23-16-24-42(43)49-44(36)39(28-31)46(4,5)6)48(40-22-15-13-19-33(40)30-17-10-9-11-18-30)32-25-26-38-35(29-32)34-20-12-14-21-37(34)47(38,7)8/h9-29H,1-8H3. The van der Waals surface area contributed by atoms with Crippen LogP contribution in [-0.4, -0.2) is 0 Å². The average molecular weight is 640 g/mol. The van der Waals surface area contributed by atoms with Crippen molar-refractivity contribution >= 4 is 39.0 Å². The highest BCUT2D eigenvalue weighted by atomic mass is 16.3. The Hall–Kier alpha value is -5.08. The molecule has 2 nitrogen and oxygen atoms in total. The summed E-state index contributed by atoms with van der Waals surface area (Å²) in [7, 11) is 0. The minimum Gasteiger partial charge on any atom is -0.456 e. The quantitative estimate of drug-likeness (QED) is 0.191. The molecule has 0 spiro atoms. The molecule has 0 atom stereocenters. The van der Waals surface area contributed by atoms with Crippen molar-refractivity contribution in [2.24, 2.45) is 0 Å². The van der Waals surface area contributed by atoms with E-state index in [0.29, 0.717) is 0 Å². The molecular weight excluding hydrogens is 595 g/mol. The Morgan fingerprint density at radius 1 is 0.551 bits per heavy atom. The van der Waals surface area contributed by atoms with Gasteiger partial charge in [0.25, 0.3) is 0 Å². The summed E-state index contributed by atoms with van der Waals surface area (Å²) in [6.45, 7) is 18.5. The molecular formula is C47H45NO. The summed E-state index contributed by atoms with van der Waals surface area (Å²) in [4.78, 5) is 2.47. The first-order valence-electron chi connectivity index (χ1n) is 17.5. The van der Waals surface area contributed by atoms with Crippen LogP contribution in [0.15, 0.2) is 132 Å². The number of para-hydroxylation sites is 1. The van der Waals surface area contributed by atoms with Crippen LogP contribution in [0.5, 0.6) is 0 Å². The van der Waals surface area contributed by atoms with E-state index in [2.05, 4.69) is 188 Å². The van der Waals surface area contributed by atoms with Crippen LogP contribution in [-0.2, 0) is 16.2 Å². The third-order valence-corrected chi connectivity index (χ3v) is 10.5. The summed E-state index contributed by atoms with van der Waals surface area (Å²) in [5, 5.41) is 2.30. The van der Waals surface area contributed by atoms with E-state index in [1.54, 1.807) is 0 Å². The first-order valence-corrected chi connectivity index (χ1v) is 17.5. The van der Waals surface area contributed by atoms with Crippen LogP contribution in [0.3, 0.4) is 0 Å². The molecule has 1 heterocycles. The van der Waals surface area contributed by atoms with Crippen molar-refractivity contribution in [3.63, 3.8) is 0 Å². The van der Waals surface area contributed by atoms with E-state index in [-0.39, 0.29) is 16.2 Å². The fourth-order valence-electron chi connectivity index (χ4n) is 7.87. The second kappa shape index (κ2) is 11.0. The van der Waals surface area contributed by atoms with Gasteiger partial charge in [-0.05, 0) is 80.6 Å². The maximum absolute atomic E-state index is 6.88. The van der Waals surface area contributed by atoms with Crippen molar-refractivity contribution in [3.8, 4) is 22.3 Å². The molecule has 0 radical (unpaired) electrons. The zero-order valence-electron chi connectivity index (χ0n) is 30.0. The monoisotopic (exact) mass is 639 g/mol. The smallest absolute Gasteiger partial charge is 0.139 e. The predicted molar refractivity (Wildman–Crippen MR) is 209 cm³/mol. The third-order valence-electron chi connectivity index (χ3n) is 10.5. The largest absolute Gasteiger partial charge is 0.456 e. The van der Waals surface area contributed by atoms with Crippen LogP contribution in [0.2, 0.25) is 0 Å². The van der Waals surface area contributed by atoms with Gasteiger partial charge in [0.2, 0.25) is 0 Å².